The van der Waals surface area contributed by atoms with Crippen LogP contribution in [0.1, 0.15) is 42.8 Å². The predicted octanol–water partition coefficient (Wildman–Crippen LogP) is 1.52. The quantitative estimate of drug-likeness (QED) is 0.822. The van der Waals surface area contributed by atoms with Gasteiger partial charge < -0.3 is 9.73 Å². The third-order valence-corrected chi connectivity index (χ3v) is 3.78. The minimum absolute atomic E-state index is 0.472. The van der Waals surface area contributed by atoms with Crippen LogP contribution >= 0.6 is 0 Å². The molecule has 0 amide bonds. The van der Waals surface area contributed by atoms with Gasteiger partial charge in [-0.3, -0.25) is 4.90 Å². The van der Waals surface area contributed by atoms with Crippen molar-refractivity contribution in [3.05, 3.63) is 17.8 Å². The summed E-state index contributed by atoms with van der Waals surface area (Å²) in [5, 5.41) is 3.25. The molecule has 0 aromatic carbocycles. The number of aromatic nitrogens is 1. The summed E-state index contributed by atoms with van der Waals surface area (Å²) in [4.78, 5) is 7.05. The molecule has 1 unspecified atom stereocenters. The third kappa shape index (κ3) is 1.76. The highest BCUT2D eigenvalue weighted by molar-refractivity contribution is 5.09. The van der Waals surface area contributed by atoms with Crippen molar-refractivity contribution in [2.75, 3.05) is 26.7 Å². The van der Waals surface area contributed by atoms with E-state index in [-0.39, 0.29) is 0 Å². The van der Waals surface area contributed by atoms with E-state index >= 15 is 0 Å². The summed E-state index contributed by atoms with van der Waals surface area (Å²) in [6, 6.07) is 0.472. The number of rotatable bonds is 2. The van der Waals surface area contributed by atoms with Crippen LogP contribution in [0.25, 0.3) is 0 Å². The molecule has 3 rings (SSSR count). The highest BCUT2D eigenvalue weighted by Gasteiger charge is 2.27. The lowest BCUT2D eigenvalue weighted by atomic mass is 10.0. The fourth-order valence-corrected chi connectivity index (χ4v) is 2.55. The maximum absolute atomic E-state index is 5.59. The van der Waals surface area contributed by atoms with Gasteiger partial charge in [-0.1, -0.05) is 6.42 Å². The fraction of sp³-hybridized carbons (Fsp3) is 0.750. The summed E-state index contributed by atoms with van der Waals surface area (Å²) < 4.78 is 5.59. The van der Waals surface area contributed by atoms with Crippen molar-refractivity contribution < 1.29 is 4.42 Å². The zero-order valence-corrected chi connectivity index (χ0v) is 9.78. The fourth-order valence-electron chi connectivity index (χ4n) is 2.55. The monoisotopic (exact) mass is 221 g/mol. The molecule has 0 bridgehead atoms. The van der Waals surface area contributed by atoms with Gasteiger partial charge in [0, 0.05) is 13.1 Å². The first kappa shape index (κ1) is 10.3. The van der Waals surface area contributed by atoms with Crippen LogP contribution in [0.3, 0.4) is 0 Å². The van der Waals surface area contributed by atoms with Crippen molar-refractivity contribution in [2.45, 2.75) is 31.2 Å². The van der Waals surface area contributed by atoms with Gasteiger partial charge in [0.1, 0.15) is 6.26 Å². The second-order valence-corrected chi connectivity index (χ2v) is 4.96. The van der Waals surface area contributed by atoms with Gasteiger partial charge in [0.15, 0.2) is 5.89 Å². The van der Waals surface area contributed by atoms with Crippen molar-refractivity contribution in [2.24, 2.45) is 0 Å². The molecule has 1 N–H and O–H groups in total. The molecular formula is C12H19N3O. The highest BCUT2D eigenvalue weighted by Crippen LogP contribution is 2.30. The molecule has 2 fully saturated rings. The Morgan fingerprint density at radius 2 is 2.31 bits per heavy atom. The van der Waals surface area contributed by atoms with Gasteiger partial charge in [0.2, 0.25) is 0 Å². The number of hydrogen-bond donors (Lipinski definition) is 1. The first-order valence-corrected chi connectivity index (χ1v) is 6.21. The molecule has 2 aliphatic heterocycles. The van der Waals surface area contributed by atoms with E-state index in [1.165, 1.54) is 25.8 Å². The Hall–Kier alpha value is -0.870. The van der Waals surface area contributed by atoms with Gasteiger partial charge in [-0.05, 0) is 26.4 Å². The van der Waals surface area contributed by atoms with Crippen molar-refractivity contribution in [1.82, 2.24) is 15.2 Å². The van der Waals surface area contributed by atoms with Gasteiger partial charge >= 0.3 is 0 Å². The molecule has 2 aliphatic rings. The van der Waals surface area contributed by atoms with Crippen LogP contribution in [0, 0.1) is 0 Å². The van der Waals surface area contributed by atoms with E-state index in [2.05, 4.69) is 22.2 Å². The predicted molar refractivity (Wildman–Crippen MR) is 61.3 cm³/mol. The molecule has 16 heavy (non-hydrogen) atoms. The number of nitrogens with zero attached hydrogens (tertiary/aromatic N) is 2. The van der Waals surface area contributed by atoms with Crippen LogP contribution in [0.2, 0.25) is 0 Å². The van der Waals surface area contributed by atoms with Gasteiger partial charge in [0.25, 0.3) is 0 Å². The van der Waals surface area contributed by atoms with Gasteiger partial charge in [-0.25, -0.2) is 4.98 Å². The van der Waals surface area contributed by atoms with E-state index in [0.29, 0.717) is 12.0 Å². The van der Waals surface area contributed by atoms with Crippen LogP contribution < -0.4 is 5.32 Å². The minimum Gasteiger partial charge on any atom is -0.448 e. The summed E-state index contributed by atoms with van der Waals surface area (Å²) in [6.45, 7) is 3.21. The number of likely N-dealkylation sites (tertiary alicyclic amines) is 1. The molecule has 2 saturated heterocycles. The molecule has 0 radical (unpaired) electrons. The Kier molecular flexibility index (Phi) is 2.69. The Labute approximate surface area is 96.0 Å². The zero-order chi connectivity index (χ0) is 11.0. The van der Waals surface area contributed by atoms with Crippen molar-refractivity contribution >= 4 is 0 Å². The number of hydrogen-bond acceptors (Lipinski definition) is 4. The Morgan fingerprint density at radius 3 is 3.00 bits per heavy atom. The Bertz CT molecular complexity index is 359. The van der Waals surface area contributed by atoms with Crippen LogP contribution in [-0.2, 0) is 0 Å². The topological polar surface area (TPSA) is 41.3 Å². The maximum atomic E-state index is 5.59. The van der Waals surface area contributed by atoms with Gasteiger partial charge in [-0.15, -0.1) is 0 Å². The molecule has 4 nitrogen and oxygen atoms in total. The molecule has 0 spiro atoms. The SMILES string of the molecule is CN1CCCCC1c1coc(C2CNC2)n1. The molecule has 1 aromatic heterocycles. The summed E-state index contributed by atoms with van der Waals surface area (Å²) in [5.41, 5.74) is 1.13. The van der Waals surface area contributed by atoms with Crippen molar-refractivity contribution in [3.8, 4) is 0 Å². The highest BCUT2D eigenvalue weighted by atomic mass is 16.3. The summed E-state index contributed by atoms with van der Waals surface area (Å²) >= 11 is 0. The first-order valence-electron chi connectivity index (χ1n) is 6.21. The lowest BCUT2D eigenvalue weighted by Crippen LogP contribution is -2.40. The normalized spacial score (nSPS) is 27.9. The van der Waals surface area contributed by atoms with E-state index in [1.54, 1.807) is 0 Å². The molecule has 88 valence electrons. The van der Waals surface area contributed by atoms with Crippen LogP contribution in [0.5, 0.6) is 0 Å². The minimum atomic E-state index is 0.472. The molecule has 1 aromatic rings. The molecule has 4 heteroatoms. The molecule has 3 heterocycles. The van der Waals surface area contributed by atoms with E-state index in [0.717, 1.165) is 24.7 Å². The summed E-state index contributed by atoms with van der Waals surface area (Å²) in [7, 11) is 2.18. The lowest BCUT2D eigenvalue weighted by Gasteiger charge is -2.30. The van der Waals surface area contributed by atoms with E-state index in [1.807, 2.05) is 6.26 Å². The first-order chi connectivity index (χ1) is 7.84. The number of oxazole rings is 1. The average Bonchev–Trinajstić information content (AvgIpc) is 2.65. The second-order valence-electron chi connectivity index (χ2n) is 4.96. The van der Waals surface area contributed by atoms with Gasteiger partial charge in [0.05, 0.1) is 17.7 Å². The van der Waals surface area contributed by atoms with Crippen molar-refractivity contribution in [3.63, 3.8) is 0 Å². The van der Waals surface area contributed by atoms with Gasteiger partial charge in [-0.2, -0.15) is 0 Å². The van der Waals surface area contributed by atoms with E-state index in [9.17, 15) is 0 Å². The number of piperidine rings is 1. The molecule has 1 atom stereocenters. The standard InChI is InChI=1S/C12H19N3O/c1-15-5-3-2-4-11(15)10-8-16-12(14-10)9-6-13-7-9/h8-9,11,13H,2-7H2,1H3. The molecule has 0 saturated carbocycles. The van der Waals surface area contributed by atoms with E-state index < -0.39 is 0 Å². The smallest absolute Gasteiger partial charge is 0.199 e. The average molecular weight is 221 g/mol. The summed E-state index contributed by atoms with van der Waals surface area (Å²) in [5.74, 6) is 1.43. The number of nitrogens with one attached hydrogen (secondary N) is 1. The lowest BCUT2D eigenvalue weighted by molar-refractivity contribution is 0.183. The largest absolute Gasteiger partial charge is 0.448 e. The zero-order valence-electron chi connectivity index (χ0n) is 9.78. The Morgan fingerprint density at radius 1 is 1.44 bits per heavy atom. The Balaban J connectivity index is 1.75. The maximum Gasteiger partial charge on any atom is 0.199 e. The van der Waals surface area contributed by atoms with Crippen LogP contribution in [-0.4, -0.2) is 36.6 Å². The molecular weight excluding hydrogens is 202 g/mol. The summed E-state index contributed by atoms with van der Waals surface area (Å²) in [6.07, 6.45) is 5.69. The van der Waals surface area contributed by atoms with Crippen molar-refractivity contribution in [1.29, 1.82) is 0 Å². The van der Waals surface area contributed by atoms with E-state index in [4.69, 9.17) is 4.42 Å². The third-order valence-electron chi connectivity index (χ3n) is 3.78. The molecule has 0 aliphatic carbocycles. The second kappa shape index (κ2) is 4.18. The van der Waals surface area contributed by atoms with Crippen LogP contribution in [0.15, 0.2) is 10.7 Å². The van der Waals surface area contributed by atoms with Crippen LogP contribution in [0.4, 0.5) is 0 Å².